The van der Waals surface area contributed by atoms with Crippen LogP contribution in [0.4, 0.5) is 0 Å². The minimum Gasteiger partial charge on any atom is -0.490 e. The highest BCUT2D eigenvalue weighted by atomic mass is 16.5. The Morgan fingerprint density at radius 1 is 1.50 bits per heavy atom. The van der Waals surface area contributed by atoms with Gasteiger partial charge in [-0.15, -0.1) is 0 Å². The second-order valence-electron chi connectivity index (χ2n) is 4.36. The van der Waals surface area contributed by atoms with Crippen molar-refractivity contribution in [3.63, 3.8) is 0 Å². The number of hydrogen-bond acceptors (Lipinski definition) is 5. The maximum Gasteiger partial charge on any atom is 0.138 e. The van der Waals surface area contributed by atoms with Crippen LogP contribution in [0.3, 0.4) is 0 Å². The van der Waals surface area contributed by atoms with Gasteiger partial charge in [0.2, 0.25) is 0 Å². The highest BCUT2D eigenvalue weighted by molar-refractivity contribution is 6.10. The van der Waals surface area contributed by atoms with E-state index in [1.54, 1.807) is 18.2 Å². The van der Waals surface area contributed by atoms with Gasteiger partial charge in [-0.2, -0.15) is 5.26 Å². The predicted molar refractivity (Wildman–Crippen MR) is 80.9 cm³/mol. The molecule has 0 saturated heterocycles. The van der Waals surface area contributed by atoms with E-state index in [-0.39, 0.29) is 11.9 Å². The highest BCUT2D eigenvalue weighted by Gasteiger charge is 2.08. The number of nitrogens with two attached hydrogens (primary N) is 2. The fourth-order valence-electron chi connectivity index (χ4n) is 1.51. The van der Waals surface area contributed by atoms with Gasteiger partial charge in [0.25, 0.3) is 0 Å². The molecule has 0 aromatic heterocycles. The molecule has 0 heterocycles. The lowest BCUT2D eigenvalue weighted by Gasteiger charge is -2.12. The number of hydrogen-bond donors (Lipinski definition) is 2. The van der Waals surface area contributed by atoms with Crippen molar-refractivity contribution in [1.82, 2.24) is 0 Å². The summed E-state index contributed by atoms with van der Waals surface area (Å²) in [5, 5.41) is 9.07. The number of aliphatic imine (C=N–C) groups is 1. The molecule has 0 fully saturated rings. The van der Waals surface area contributed by atoms with Gasteiger partial charge in [-0.3, -0.25) is 0 Å². The molecule has 0 atom stereocenters. The SMILES string of the molecule is C=C(N)/N=C\C(=C/N)c1ccc(C#N)c(OC(C)C)c1. The van der Waals surface area contributed by atoms with Crippen molar-refractivity contribution in [3.8, 4) is 11.8 Å². The van der Waals surface area contributed by atoms with Gasteiger partial charge in [-0.1, -0.05) is 12.6 Å². The van der Waals surface area contributed by atoms with Crippen molar-refractivity contribution in [2.24, 2.45) is 16.5 Å². The van der Waals surface area contributed by atoms with Crippen LogP contribution in [0.15, 0.2) is 41.8 Å². The number of nitrogens with zero attached hydrogens (tertiary/aromatic N) is 2. The lowest BCUT2D eigenvalue weighted by atomic mass is 10.0. The van der Waals surface area contributed by atoms with E-state index >= 15 is 0 Å². The van der Waals surface area contributed by atoms with Gasteiger partial charge in [-0.05, 0) is 31.5 Å². The molecule has 0 saturated carbocycles. The van der Waals surface area contributed by atoms with Crippen LogP contribution in [-0.2, 0) is 0 Å². The molecular formula is C15H18N4O. The molecule has 104 valence electrons. The van der Waals surface area contributed by atoms with Gasteiger partial charge in [-0.25, -0.2) is 4.99 Å². The fraction of sp³-hybridized carbons (Fsp3) is 0.200. The largest absolute Gasteiger partial charge is 0.490 e. The van der Waals surface area contributed by atoms with E-state index < -0.39 is 0 Å². The first-order chi connectivity index (χ1) is 9.47. The van der Waals surface area contributed by atoms with Crippen molar-refractivity contribution in [2.45, 2.75) is 20.0 Å². The summed E-state index contributed by atoms with van der Waals surface area (Å²) in [6.07, 6.45) is 2.90. The standard InChI is InChI=1S/C15H18N4O/c1-10(2)20-15-6-12(4-5-13(15)7-16)14(8-17)9-19-11(3)18/h4-6,8-10H,3,17-18H2,1-2H3/b14-8+,19-9-. The van der Waals surface area contributed by atoms with Crippen LogP contribution in [0.5, 0.6) is 5.75 Å². The van der Waals surface area contributed by atoms with Crippen LogP contribution < -0.4 is 16.2 Å². The van der Waals surface area contributed by atoms with Crippen molar-refractivity contribution in [2.75, 3.05) is 0 Å². The Morgan fingerprint density at radius 3 is 2.70 bits per heavy atom. The van der Waals surface area contributed by atoms with Gasteiger partial charge in [0.15, 0.2) is 0 Å². The summed E-state index contributed by atoms with van der Waals surface area (Å²) in [7, 11) is 0. The number of nitriles is 1. The molecule has 1 aromatic rings. The lowest BCUT2D eigenvalue weighted by molar-refractivity contribution is 0.241. The van der Waals surface area contributed by atoms with Crippen LogP contribution >= 0.6 is 0 Å². The Morgan fingerprint density at radius 2 is 2.20 bits per heavy atom. The Labute approximate surface area is 118 Å². The lowest BCUT2D eigenvalue weighted by Crippen LogP contribution is -2.07. The number of benzene rings is 1. The number of rotatable bonds is 5. The first-order valence-electron chi connectivity index (χ1n) is 6.09. The second kappa shape index (κ2) is 7.00. The fourth-order valence-corrected chi connectivity index (χ4v) is 1.51. The summed E-state index contributed by atoms with van der Waals surface area (Å²) in [6.45, 7) is 7.28. The van der Waals surface area contributed by atoms with E-state index in [0.29, 0.717) is 16.9 Å². The van der Waals surface area contributed by atoms with Gasteiger partial charge < -0.3 is 16.2 Å². The monoisotopic (exact) mass is 270 g/mol. The molecule has 0 aliphatic rings. The normalized spacial score (nSPS) is 11.6. The maximum absolute atomic E-state index is 9.07. The van der Waals surface area contributed by atoms with Crippen LogP contribution in [-0.4, -0.2) is 12.3 Å². The molecule has 5 heteroatoms. The summed E-state index contributed by atoms with van der Waals surface area (Å²) in [4.78, 5) is 3.91. The van der Waals surface area contributed by atoms with Crippen LogP contribution in [0.2, 0.25) is 0 Å². The first-order valence-corrected chi connectivity index (χ1v) is 6.09. The van der Waals surface area contributed by atoms with Crippen molar-refractivity contribution in [3.05, 3.63) is 47.9 Å². The molecule has 0 radical (unpaired) electrons. The van der Waals surface area contributed by atoms with Crippen LogP contribution in [0, 0.1) is 11.3 Å². The Kier molecular flexibility index (Phi) is 5.36. The minimum atomic E-state index is -0.0276. The molecule has 1 rings (SSSR count). The zero-order valence-corrected chi connectivity index (χ0v) is 11.6. The maximum atomic E-state index is 9.07. The Balaban J connectivity index is 3.19. The highest BCUT2D eigenvalue weighted by Crippen LogP contribution is 2.24. The third-order valence-electron chi connectivity index (χ3n) is 2.35. The summed E-state index contributed by atoms with van der Waals surface area (Å²) in [5.74, 6) is 0.705. The molecular weight excluding hydrogens is 252 g/mol. The van der Waals surface area contributed by atoms with E-state index in [9.17, 15) is 0 Å². The zero-order valence-electron chi connectivity index (χ0n) is 11.6. The molecule has 5 nitrogen and oxygen atoms in total. The molecule has 0 aliphatic heterocycles. The van der Waals surface area contributed by atoms with E-state index in [1.165, 1.54) is 12.4 Å². The average Bonchev–Trinajstić information content (AvgIpc) is 2.38. The molecule has 0 bridgehead atoms. The molecule has 20 heavy (non-hydrogen) atoms. The topological polar surface area (TPSA) is 97.4 Å². The van der Waals surface area contributed by atoms with Crippen LogP contribution in [0.25, 0.3) is 5.57 Å². The van der Waals surface area contributed by atoms with Gasteiger partial charge in [0.1, 0.15) is 17.6 Å². The summed E-state index contributed by atoms with van der Waals surface area (Å²) in [5.41, 5.74) is 12.9. The van der Waals surface area contributed by atoms with Gasteiger partial charge in [0, 0.05) is 18.0 Å². The Hall–Kier alpha value is -2.74. The van der Waals surface area contributed by atoms with E-state index in [1.807, 2.05) is 13.8 Å². The molecule has 0 aliphatic carbocycles. The van der Waals surface area contributed by atoms with Crippen molar-refractivity contribution >= 4 is 11.8 Å². The molecule has 4 N–H and O–H groups in total. The predicted octanol–water partition coefficient (Wildman–Crippen LogP) is 2.15. The van der Waals surface area contributed by atoms with Gasteiger partial charge >= 0.3 is 0 Å². The smallest absolute Gasteiger partial charge is 0.138 e. The third-order valence-corrected chi connectivity index (χ3v) is 2.35. The zero-order chi connectivity index (χ0) is 15.1. The van der Waals surface area contributed by atoms with Crippen molar-refractivity contribution < 1.29 is 4.74 Å². The van der Waals surface area contributed by atoms with Gasteiger partial charge in [0.05, 0.1) is 11.7 Å². The van der Waals surface area contributed by atoms with Crippen molar-refractivity contribution in [1.29, 1.82) is 5.26 Å². The van der Waals surface area contributed by atoms with E-state index in [2.05, 4.69) is 17.6 Å². The number of ether oxygens (including phenoxy) is 1. The summed E-state index contributed by atoms with van der Waals surface area (Å²) < 4.78 is 5.62. The third kappa shape index (κ3) is 4.18. The first kappa shape index (κ1) is 15.3. The molecule has 1 aromatic carbocycles. The molecule has 0 unspecified atom stereocenters. The quantitative estimate of drug-likeness (QED) is 0.801. The number of allylic oxidation sites excluding steroid dienone is 1. The van der Waals surface area contributed by atoms with E-state index in [0.717, 1.165) is 5.56 Å². The summed E-state index contributed by atoms with van der Waals surface area (Å²) >= 11 is 0. The molecule has 0 spiro atoms. The Bertz CT molecular complexity index is 594. The molecule has 0 amide bonds. The van der Waals surface area contributed by atoms with Crippen LogP contribution in [0.1, 0.15) is 25.0 Å². The second-order valence-corrected chi connectivity index (χ2v) is 4.36. The van der Waals surface area contributed by atoms with E-state index in [4.69, 9.17) is 21.5 Å². The summed E-state index contributed by atoms with van der Waals surface area (Å²) in [6, 6.07) is 7.30. The minimum absolute atomic E-state index is 0.0276. The average molecular weight is 270 g/mol.